The molecule has 0 unspecified atom stereocenters. The summed E-state index contributed by atoms with van der Waals surface area (Å²) in [6, 6.07) is 14.3. The quantitative estimate of drug-likeness (QED) is 0.560. The molecule has 1 saturated heterocycles. The van der Waals surface area contributed by atoms with Crippen LogP contribution >= 0.6 is 0 Å². The van der Waals surface area contributed by atoms with Crippen LogP contribution in [0.2, 0.25) is 0 Å². The second-order valence-corrected chi connectivity index (χ2v) is 8.21. The molecule has 1 aliphatic heterocycles. The van der Waals surface area contributed by atoms with E-state index in [2.05, 4.69) is 20.4 Å². The molecular formula is C25H30N4O4. The zero-order valence-electron chi connectivity index (χ0n) is 19.3. The maximum Gasteiger partial charge on any atom is 0.324 e. The molecule has 1 amide bonds. The van der Waals surface area contributed by atoms with Crippen molar-refractivity contribution in [1.29, 1.82) is 0 Å². The summed E-state index contributed by atoms with van der Waals surface area (Å²) in [6.07, 6.45) is 2.24. The molecule has 174 valence electrons. The van der Waals surface area contributed by atoms with Crippen molar-refractivity contribution in [1.82, 2.24) is 15.5 Å². The number of amides is 1. The zero-order valence-corrected chi connectivity index (χ0v) is 19.3. The van der Waals surface area contributed by atoms with E-state index < -0.39 is 0 Å². The summed E-state index contributed by atoms with van der Waals surface area (Å²) in [5.41, 5.74) is 3.16. The SMILES string of the molecule is COc1ccc(CCNC(=O)C2CCN(c3nc(-c4ccccc4C)no3)CC2)cc1OC. The van der Waals surface area contributed by atoms with Crippen molar-refractivity contribution < 1.29 is 18.8 Å². The van der Waals surface area contributed by atoms with Crippen LogP contribution in [0.1, 0.15) is 24.0 Å². The highest BCUT2D eigenvalue weighted by molar-refractivity contribution is 5.79. The Hall–Kier alpha value is -3.55. The zero-order chi connectivity index (χ0) is 23.2. The van der Waals surface area contributed by atoms with Crippen LogP contribution in [0.5, 0.6) is 11.5 Å². The summed E-state index contributed by atoms with van der Waals surface area (Å²) in [5.74, 6) is 2.08. The first-order valence-corrected chi connectivity index (χ1v) is 11.2. The number of rotatable bonds is 8. The number of aromatic nitrogens is 2. The minimum absolute atomic E-state index is 0.00888. The van der Waals surface area contributed by atoms with E-state index in [9.17, 15) is 4.79 Å². The van der Waals surface area contributed by atoms with Crippen LogP contribution in [0, 0.1) is 12.8 Å². The van der Waals surface area contributed by atoms with E-state index in [1.807, 2.05) is 49.4 Å². The first-order valence-electron chi connectivity index (χ1n) is 11.2. The maximum atomic E-state index is 12.7. The summed E-state index contributed by atoms with van der Waals surface area (Å²) in [6.45, 7) is 4.03. The molecule has 33 heavy (non-hydrogen) atoms. The van der Waals surface area contributed by atoms with Gasteiger partial charge in [0.05, 0.1) is 14.2 Å². The van der Waals surface area contributed by atoms with Gasteiger partial charge in [0.25, 0.3) is 0 Å². The molecule has 0 aliphatic carbocycles. The van der Waals surface area contributed by atoms with Gasteiger partial charge < -0.3 is 24.2 Å². The average molecular weight is 451 g/mol. The normalized spacial score (nSPS) is 14.2. The topological polar surface area (TPSA) is 89.7 Å². The molecule has 2 aromatic carbocycles. The van der Waals surface area contributed by atoms with Crippen LogP contribution in [0.4, 0.5) is 6.01 Å². The Morgan fingerprint density at radius 1 is 1.12 bits per heavy atom. The van der Waals surface area contributed by atoms with Gasteiger partial charge in [-0.25, -0.2) is 0 Å². The number of nitrogens with one attached hydrogen (secondary N) is 1. The Morgan fingerprint density at radius 2 is 1.88 bits per heavy atom. The summed E-state index contributed by atoms with van der Waals surface area (Å²) >= 11 is 0. The second kappa shape index (κ2) is 10.4. The van der Waals surface area contributed by atoms with Crippen LogP contribution in [-0.4, -0.2) is 49.9 Å². The lowest BCUT2D eigenvalue weighted by Gasteiger charge is -2.29. The number of carbonyl (C=O) groups is 1. The molecule has 8 nitrogen and oxygen atoms in total. The molecule has 4 rings (SSSR count). The van der Waals surface area contributed by atoms with Gasteiger partial charge in [-0.1, -0.05) is 35.5 Å². The predicted octanol–water partition coefficient (Wildman–Crippen LogP) is 3.64. The van der Waals surface area contributed by atoms with E-state index in [0.717, 1.165) is 36.0 Å². The van der Waals surface area contributed by atoms with Gasteiger partial charge in [-0.05, 0) is 49.4 Å². The predicted molar refractivity (Wildman–Crippen MR) is 126 cm³/mol. The molecule has 0 radical (unpaired) electrons. The van der Waals surface area contributed by atoms with Gasteiger partial charge in [0.1, 0.15) is 0 Å². The molecule has 2 heterocycles. The maximum absolute atomic E-state index is 12.7. The van der Waals surface area contributed by atoms with Gasteiger partial charge in [-0.3, -0.25) is 4.79 Å². The molecule has 0 spiro atoms. The van der Waals surface area contributed by atoms with Crippen molar-refractivity contribution in [3.05, 3.63) is 53.6 Å². The number of nitrogens with zero attached hydrogens (tertiary/aromatic N) is 3. The van der Waals surface area contributed by atoms with Crippen molar-refractivity contribution >= 4 is 11.9 Å². The molecule has 1 aromatic heterocycles. The van der Waals surface area contributed by atoms with Gasteiger partial charge in [0.2, 0.25) is 11.7 Å². The molecule has 3 aromatic rings. The molecule has 0 saturated carbocycles. The summed E-state index contributed by atoms with van der Waals surface area (Å²) in [4.78, 5) is 19.3. The highest BCUT2D eigenvalue weighted by Gasteiger charge is 2.27. The number of hydrogen-bond acceptors (Lipinski definition) is 7. The Kier molecular flexibility index (Phi) is 7.12. The van der Waals surface area contributed by atoms with E-state index in [1.165, 1.54) is 0 Å². The van der Waals surface area contributed by atoms with Crippen molar-refractivity contribution in [3.63, 3.8) is 0 Å². The fourth-order valence-corrected chi connectivity index (χ4v) is 4.12. The molecule has 0 atom stereocenters. The molecular weight excluding hydrogens is 420 g/mol. The number of anilines is 1. The summed E-state index contributed by atoms with van der Waals surface area (Å²) < 4.78 is 16.1. The number of carbonyl (C=O) groups excluding carboxylic acids is 1. The minimum Gasteiger partial charge on any atom is -0.493 e. The van der Waals surface area contributed by atoms with E-state index in [0.29, 0.717) is 43.0 Å². The van der Waals surface area contributed by atoms with E-state index in [1.54, 1.807) is 14.2 Å². The monoisotopic (exact) mass is 450 g/mol. The van der Waals surface area contributed by atoms with Gasteiger partial charge in [0, 0.05) is 31.1 Å². The fourth-order valence-electron chi connectivity index (χ4n) is 4.12. The Balaban J connectivity index is 1.25. The van der Waals surface area contributed by atoms with Crippen LogP contribution < -0.4 is 19.7 Å². The smallest absolute Gasteiger partial charge is 0.324 e. The summed E-state index contributed by atoms with van der Waals surface area (Å²) in [7, 11) is 3.23. The average Bonchev–Trinajstić information content (AvgIpc) is 3.34. The minimum atomic E-state index is -0.00888. The number of methoxy groups -OCH3 is 2. The lowest BCUT2D eigenvalue weighted by atomic mass is 9.96. The number of hydrogen-bond donors (Lipinski definition) is 1. The van der Waals surface area contributed by atoms with Crippen LogP contribution in [-0.2, 0) is 11.2 Å². The van der Waals surface area contributed by atoms with Crippen LogP contribution in [0.3, 0.4) is 0 Å². The lowest BCUT2D eigenvalue weighted by molar-refractivity contribution is -0.125. The van der Waals surface area contributed by atoms with Gasteiger partial charge >= 0.3 is 6.01 Å². The van der Waals surface area contributed by atoms with Crippen LogP contribution in [0.15, 0.2) is 47.0 Å². The third-order valence-corrected chi connectivity index (χ3v) is 6.10. The molecule has 0 bridgehead atoms. The van der Waals surface area contributed by atoms with Gasteiger partial charge in [-0.15, -0.1) is 0 Å². The first kappa shape index (κ1) is 22.6. The molecule has 1 fully saturated rings. The Morgan fingerprint density at radius 3 is 2.61 bits per heavy atom. The molecule has 1 aliphatic rings. The van der Waals surface area contributed by atoms with Crippen molar-refractivity contribution in [2.75, 3.05) is 38.8 Å². The summed E-state index contributed by atoms with van der Waals surface area (Å²) in [5, 5.41) is 7.22. The second-order valence-electron chi connectivity index (χ2n) is 8.21. The molecule has 1 N–H and O–H groups in total. The number of benzene rings is 2. The largest absolute Gasteiger partial charge is 0.493 e. The van der Waals surface area contributed by atoms with Crippen LogP contribution in [0.25, 0.3) is 11.4 Å². The Bertz CT molecular complexity index is 1090. The number of ether oxygens (including phenoxy) is 2. The Labute approximate surface area is 193 Å². The van der Waals surface area contributed by atoms with Gasteiger partial charge in [-0.2, -0.15) is 4.98 Å². The standard InChI is InChI=1S/C25H30N4O4/c1-17-6-4-5-7-20(17)23-27-25(33-28-23)29-14-11-19(12-15-29)24(30)26-13-10-18-8-9-21(31-2)22(16-18)32-3/h4-9,16,19H,10-15H2,1-3H3,(H,26,30). The lowest BCUT2D eigenvalue weighted by Crippen LogP contribution is -2.41. The highest BCUT2D eigenvalue weighted by Crippen LogP contribution is 2.28. The van der Waals surface area contributed by atoms with Crippen molar-refractivity contribution in [2.24, 2.45) is 5.92 Å². The van der Waals surface area contributed by atoms with E-state index in [4.69, 9.17) is 14.0 Å². The van der Waals surface area contributed by atoms with Gasteiger partial charge in [0.15, 0.2) is 11.5 Å². The number of aryl methyl sites for hydroxylation is 1. The molecule has 8 heteroatoms. The van der Waals surface area contributed by atoms with Crippen molar-refractivity contribution in [2.45, 2.75) is 26.2 Å². The van der Waals surface area contributed by atoms with E-state index in [-0.39, 0.29) is 11.8 Å². The first-order chi connectivity index (χ1) is 16.1. The third kappa shape index (κ3) is 5.27. The highest BCUT2D eigenvalue weighted by atomic mass is 16.5. The fraction of sp³-hybridized carbons (Fsp3) is 0.400. The third-order valence-electron chi connectivity index (χ3n) is 6.10. The number of piperidine rings is 1. The van der Waals surface area contributed by atoms with Crippen molar-refractivity contribution in [3.8, 4) is 22.9 Å². The van der Waals surface area contributed by atoms with E-state index >= 15 is 0 Å².